The highest BCUT2D eigenvalue weighted by atomic mass is 16.4. The van der Waals surface area contributed by atoms with Crippen LogP contribution in [0.25, 0.3) is 17.2 Å². The van der Waals surface area contributed by atoms with E-state index in [-0.39, 0.29) is 12.0 Å². The Morgan fingerprint density at radius 1 is 1.05 bits per heavy atom. The number of carboxylic acids is 1. The molecule has 2 aromatic rings. The lowest BCUT2D eigenvalue weighted by Crippen LogP contribution is -2.01. The molecular weight excluding hydrogens is 276 g/mol. The summed E-state index contributed by atoms with van der Waals surface area (Å²) in [6.45, 7) is 0. The van der Waals surface area contributed by atoms with Crippen LogP contribution in [0.4, 0.5) is 0 Å². The van der Waals surface area contributed by atoms with Crippen LogP contribution in [-0.2, 0) is 11.2 Å². The van der Waals surface area contributed by atoms with Crippen molar-refractivity contribution in [3.63, 3.8) is 0 Å². The van der Waals surface area contributed by atoms with Gasteiger partial charge in [-0.3, -0.25) is 4.79 Å². The molecule has 0 saturated heterocycles. The fraction of sp³-hybridized carbons (Fsp3) is 0.0556. The quantitative estimate of drug-likeness (QED) is 0.873. The fourth-order valence-electron chi connectivity index (χ4n) is 2.13. The number of aliphatic carboxylic acids is 1. The number of benzene rings is 2. The molecule has 22 heavy (non-hydrogen) atoms. The number of hydrogen-bond donors (Lipinski definition) is 1. The summed E-state index contributed by atoms with van der Waals surface area (Å²) in [5, 5.41) is 26.5. The number of hydrogen-bond acceptors (Lipinski definition) is 3. The molecule has 0 spiro atoms. The van der Waals surface area contributed by atoms with Crippen molar-refractivity contribution in [3.05, 3.63) is 65.2 Å². The molecule has 0 bridgehead atoms. The minimum absolute atomic E-state index is 0.0369. The van der Waals surface area contributed by atoms with Gasteiger partial charge in [0.25, 0.3) is 0 Å². The third-order valence-corrected chi connectivity index (χ3v) is 3.13. The average molecular weight is 288 g/mol. The van der Waals surface area contributed by atoms with E-state index in [1.165, 1.54) is 6.08 Å². The second kappa shape index (κ2) is 6.88. The van der Waals surface area contributed by atoms with Crippen LogP contribution in [0.15, 0.2) is 54.1 Å². The Balaban J connectivity index is 2.37. The van der Waals surface area contributed by atoms with E-state index in [0.717, 1.165) is 22.3 Å². The van der Waals surface area contributed by atoms with Crippen LogP contribution in [0.5, 0.6) is 0 Å². The molecule has 1 N–H and O–H groups in total. The van der Waals surface area contributed by atoms with Gasteiger partial charge in [-0.05, 0) is 28.3 Å². The first-order valence-corrected chi connectivity index (χ1v) is 6.56. The summed E-state index contributed by atoms with van der Waals surface area (Å²) in [4.78, 5) is 10.9. The SMILES string of the molecule is N#CC(C#N)=Cc1ccc(-c2ccccc2CC(=O)O)cc1. The van der Waals surface area contributed by atoms with Gasteiger partial charge in [0.15, 0.2) is 0 Å². The Kier molecular flexibility index (Phi) is 4.70. The average Bonchev–Trinajstić information content (AvgIpc) is 2.53. The first kappa shape index (κ1) is 15.0. The predicted molar refractivity (Wildman–Crippen MR) is 82.4 cm³/mol. The van der Waals surface area contributed by atoms with E-state index in [9.17, 15) is 4.79 Å². The number of carboxylic acid groups (broad SMARTS) is 1. The van der Waals surface area contributed by atoms with Crippen LogP contribution < -0.4 is 0 Å². The maximum Gasteiger partial charge on any atom is 0.307 e. The third kappa shape index (κ3) is 3.59. The summed E-state index contributed by atoms with van der Waals surface area (Å²) in [5.41, 5.74) is 3.29. The molecule has 0 aliphatic heterocycles. The maximum atomic E-state index is 10.9. The molecule has 4 heteroatoms. The molecule has 0 saturated carbocycles. The van der Waals surface area contributed by atoms with Crippen molar-refractivity contribution in [2.45, 2.75) is 6.42 Å². The summed E-state index contributed by atoms with van der Waals surface area (Å²) in [5.74, 6) is -0.875. The highest BCUT2D eigenvalue weighted by Gasteiger charge is 2.08. The van der Waals surface area contributed by atoms with E-state index in [1.807, 2.05) is 42.5 Å². The van der Waals surface area contributed by atoms with E-state index < -0.39 is 5.97 Å². The second-order valence-electron chi connectivity index (χ2n) is 4.63. The van der Waals surface area contributed by atoms with Crippen molar-refractivity contribution >= 4 is 12.0 Å². The van der Waals surface area contributed by atoms with E-state index in [4.69, 9.17) is 15.6 Å². The third-order valence-electron chi connectivity index (χ3n) is 3.13. The molecule has 0 aliphatic rings. The Morgan fingerprint density at radius 2 is 1.68 bits per heavy atom. The van der Waals surface area contributed by atoms with Crippen LogP contribution in [0.1, 0.15) is 11.1 Å². The van der Waals surface area contributed by atoms with Crippen molar-refractivity contribution < 1.29 is 9.90 Å². The van der Waals surface area contributed by atoms with Crippen molar-refractivity contribution in [3.8, 4) is 23.3 Å². The second-order valence-corrected chi connectivity index (χ2v) is 4.63. The number of nitrogens with zero attached hydrogens (tertiary/aromatic N) is 2. The molecule has 0 atom stereocenters. The van der Waals surface area contributed by atoms with Crippen LogP contribution in [0.3, 0.4) is 0 Å². The van der Waals surface area contributed by atoms with E-state index in [2.05, 4.69) is 0 Å². The molecule has 0 radical (unpaired) electrons. The lowest BCUT2D eigenvalue weighted by atomic mass is 9.97. The molecular formula is C18H12N2O2. The molecule has 0 aromatic heterocycles. The molecule has 0 amide bonds. The van der Waals surface area contributed by atoms with Gasteiger partial charge >= 0.3 is 5.97 Å². The molecule has 0 fully saturated rings. The van der Waals surface area contributed by atoms with Crippen LogP contribution in [-0.4, -0.2) is 11.1 Å². The Morgan fingerprint density at radius 3 is 2.27 bits per heavy atom. The largest absolute Gasteiger partial charge is 0.481 e. The van der Waals surface area contributed by atoms with Gasteiger partial charge in [0.2, 0.25) is 0 Å². The lowest BCUT2D eigenvalue weighted by molar-refractivity contribution is -0.136. The van der Waals surface area contributed by atoms with Crippen LogP contribution in [0, 0.1) is 22.7 Å². The van der Waals surface area contributed by atoms with Gasteiger partial charge in [0, 0.05) is 0 Å². The van der Waals surface area contributed by atoms with Crippen LogP contribution in [0.2, 0.25) is 0 Å². The number of allylic oxidation sites excluding steroid dienone is 1. The topological polar surface area (TPSA) is 84.9 Å². The van der Waals surface area contributed by atoms with E-state index in [0.29, 0.717) is 0 Å². The Hall–Kier alpha value is -3.37. The van der Waals surface area contributed by atoms with Gasteiger partial charge in [-0.2, -0.15) is 10.5 Å². The molecule has 106 valence electrons. The van der Waals surface area contributed by atoms with Gasteiger partial charge < -0.3 is 5.11 Å². The predicted octanol–water partition coefficient (Wildman–Crippen LogP) is 3.41. The Labute approximate surface area is 128 Å². The smallest absolute Gasteiger partial charge is 0.307 e. The van der Waals surface area contributed by atoms with Gasteiger partial charge in [-0.1, -0.05) is 48.5 Å². The zero-order valence-corrected chi connectivity index (χ0v) is 11.7. The summed E-state index contributed by atoms with van der Waals surface area (Å²) < 4.78 is 0. The van der Waals surface area contributed by atoms with Crippen molar-refractivity contribution in [2.24, 2.45) is 0 Å². The standard InChI is InChI=1S/C18H12N2O2/c19-11-14(12-20)9-13-5-7-15(8-6-13)17-4-2-1-3-16(17)10-18(21)22/h1-9H,10H2,(H,21,22). The molecule has 0 aliphatic carbocycles. The first-order chi connectivity index (χ1) is 10.6. The highest BCUT2D eigenvalue weighted by molar-refractivity contribution is 5.77. The summed E-state index contributed by atoms with van der Waals surface area (Å²) in [6.07, 6.45) is 1.47. The highest BCUT2D eigenvalue weighted by Crippen LogP contribution is 2.25. The lowest BCUT2D eigenvalue weighted by Gasteiger charge is -2.08. The molecule has 4 nitrogen and oxygen atoms in total. The van der Waals surface area contributed by atoms with E-state index >= 15 is 0 Å². The zero-order chi connectivity index (χ0) is 15.9. The first-order valence-electron chi connectivity index (χ1n) is 6.56. The van der Waals surface area contributed by atoms with Crippen molar-refractivity contribution in [2.75, 3.05) is 0 Å². The normalized spacial score (nSPS) is 9.36. The summed E-state index contributed by atoms with van der Waals surface area (Å²) in [7, 11) is 0. The van der Waals surface area contributed by atoms with Crippen molar-refractivity contribution in [1.29, 1.82) is 10.5 Å². The zero-order valence-electron chi connectivity index (χ0n) is 11.7. The maximum absolute atomic E-state index is 10.9. The van der Waals surface area contributed by atoms with Crippen LogP contribution >= 0.6 is 0 Å². The molecule has 2 rings (SSSR count). The number of nitriles is 2. The van der Waals surface area contributed by atoms with Gasteiger partial charge in [0.1, 0.15) is 17.7 Å². The Bertz CT molecular complexity index is 790. The molecule has 0 heterocycles. The minimum atomic E-state index is -0.875. The number of carbonyl (C=O) groups is 1. The monoisotopic (exact) mass is 288 g/mol. The summed E-state index contributed by atoms with van der Waals surface area (Å²) >= 11 is 0. The molecule has 0 unspecified atom stereocenters. The van der Waals surface area contributed by atoms with Gasteiger partial charge in [0.05, 0.1) is 6.42 Å². The van der Waals surface area contributed by atoms with E-state index in [1.54, 1.807) is 18.2 Å². The fourth-order valence-corrected chi connectivity index (χ4v) is 2.13. The van der Waals surface area contributed by atoms with Gasteiger partial charge in [-0.25, -0.2) is 0 Å². The van der Waals surface area contributed by atoms with Gasteiger partial charge in [-0.15, -0.1) is 0 Å². The van der Waals surface area contributed by atoms with Crippen molar-refractivity contribution in [1.82, 2.24) is 0 Å². The number of rotatable bonds is 4. The summed E-state index contributed by atoms with van der Waals surface area (Å²) in [6, 6.07) is 18.2. The molecule has 2 aromatic carbocycles. The minimum Gasteiger partial charge on any atom is -0.481 e.